The fraction of sp³-hybridized carbons (Fsp3) is 0.143. The minimum Gasteiger partial charge on any atom is -0.344 e. The van der Waals surface area contributed by atoms with Crippen molar-refractivity contribution in [3.8, 4) is 0 Å². The molecule has 0 saturated heterocycles. The normalized spacial score (nSPS) is 11.7. The highest BCUT2D eigenvalue weighted by molar-refractivity contribution is 6.29. The summed E-state index contributed by atoms with van der Waals surface area (Å²) in [6.07, 6.45) is 0. The Kier molecular flexibility index (Phi) is 4.49. The number of benzene rings is 1. The lowest BCUT2D eigenvalue weighted by Gasteiger charge is -2.13. The van der Waals surface area contributed by atoms with E-state index in [0.717, 1.165) is 0 Å². The standard InChI is InChI=1S/C14H12ClN3O3/c1-9(10-4-2-5-11(8-10)18(20)21)16-14(19)12-6-3-7-13(15)17-12/h2-9H,1H3,(H,16,19). The highest BCUT2D eigenvalue weighted by Gasteiger charge is 2.15. The van der Waals surface area contributed by atoms with Crippen molar-refractivity contribution in [3.63, 3.8) is 0 Å². The number of aromatic nitrogens is 1. The lowest BCUT2D eigenvalue weighted by atomic mass is 10.1. The molecule has 2 aromatic rings. The summed E-state index contributed by atoms with van der Waals surface area (Å²) in [7, 11) is 0. The van der Waals surface area contributed by atoms with E-state index in [1.54, 1.807) is 37.3 Å². The zero-order valence-electron chi connectivity index (χ0n) is 11.1. The number of non-ortho nitro benzene ring substituents is 1. The fourth-order valence-corrected chi connectivity index (χ4v) is 1.96. The molecule has 0 fully saturated rings. The van der Waals surface area contributed by atoms with Crippen LogP contribution >= 0.6 is 11.6 Å². The van der Waals surface area contributed by atoms with Gasteiger partial charge in [0, 0.05) is 12.1 Å². The molecule has 1 atom stereocenters. The molecule has 1 amide bonds. The summed E-state index contributed by atoms with van der Waals surface area (Å²) in [6, 6.07) is 10.5. The Bertz CT molecular complexity index is 691. The van der Waals surface area contributed by atoms with Gasteiger partial charge in [-0.25, -0.2) is 4.98 Å². The molecule has 2 rings (SSSR count). The summed E-state index contributed by atoms with van der Waals surface area (Å²) >= 11 is 5.73. The molecule has 1 N–H and O–H groups in total. The van der Waals surface area contributed by atoms with Crippen molar-refractivity contribution < 1.29 is 9.72 Å². The van der Waals surface area contributed by atoms with Gasteiger partial charge >= 0.3 is 0 Å². The van der Waals surface area contributed by atoms with E-state index in [9.17, 15) is 14.9 Å². The number of pyridine rings is 1. The molecular weight excluding hydrogens is 294 g/mol. The number of hydrogen-bond donors (Lipinski definition) is 1. The lowest BCUT2D eigenvalue weighted by molar-refractivity contribution is -0.384. The summed E-state index contributed by atoms with van der Waals surface area (Å²) in [5.41, 5.74) is 0.814. The van der Waals surface area contributed by atoms with Crippen LogP contribution in [0.5, 0.6) is 0 Å². The minimum atomic E-state index is -0.476. The Labute approximate surface area is 125 Å². The third-order valence-electron chi connectivity index (χ3n) is 2.88. The van der Waals surface area contributed by atoms with Gasteiger partial charge in [0.05, 0.1) is 11.0 Å². The number of carbonyl (C=O) groups excluding carboxylic acids is 1. The smallest absolute Gasteiger partial charge is 0.270 e. The molecule has 1 unspecified atom stereocenters. The number of hydrogen-bond acceptors (Lipinski definition) is 4. The van der Waals surface area contributed by atoms with Gasteiger partial charge in [0.15, 0.2) is 0 Å². The van der Waals surface area contributed by atoms with Gasteiger partial charge < -0.3 is 5.32 Å². The second kappa shape index (κ2) is 6.32. The Hall–Kier alpha value is -2.47. The van der Waals surface area contributed by atoms with Crippen molar-refractivity contribution in [1.82, 2.24) is 10.3 Å². The molecule has 0 aliphatic rings. The molecule has 0 radical (unpaired) electrons. The molecule has 0 bridgehead atoms. The van der Waals surface area contributed by atoms with Gasteiger partial charge in [-0.2, -0.15) is 0 Å². The van der Waals surface area contributed by atoms with E-state index in [1.807, 2.05) is 0 Å². The highest BCUT2D eigenvalue weighted by Crippen LogP contribution is 2.19. The van der Waals surface area contributed by atoms with Crippen molar-refractivity contribution in [2.75, 3.05) is 0 Å². The van der Waals surface area contributed by atoms with Crippen LogP contribution in [0.4, 0.5) is 5.69 Å². The Morgan fingerprint density at radius 1 is 1.33 bits per heavy atom. The van der Waals surface area contributed by atoms with Crippen molar-refractivity contribution in [3.05, 3.63) is 69.0 Å². The van der Waals surface area contributed by atoms with Gasteiger partial charge in [0.2, 0.25) is 0 Å². The number of rotatable bonds is 4. The van der Waals surface area contributed by atoms with Crippen LogP contribution in [0.15, 0.2) is 42.5 Å². The molecular formula is C14H12ClN3O3. The van der Waals surface area contributed by atoms with Crippen molar-refractivity contribution in [2.45, 2.75) is 13.0 Å². The predicted molar refractivity (Wildman–Crippen MR) is 78.2 cm³/mol. The van der Waals surface area contributed by atoms with Gasteiger partial charge in [-0.3, -0.25) is 14.9 Å². The Morgan fingerprint density at radius 2 is 2.05 bits per heavy atom. The third-order valence-corrected chi connectivity index (χ3v) is 3.09. The molecule has 1 aromatic carbocycles. The molecule has 0 saturated carbocycles. The second-order valence-electron chi connectivity index (χ2n) is 4.39. The highest BCUT2D eigenvalue weighted by atomic mass is 35.5. The number of carbonyl (C=O) groups is 1. The van der Waals surface area contributed by atoms with Crippen LogP contribution in [0, 0.1) is 10.1 Å². The summed E-state index contributed by atoms with van der Waals surface area (Å²) in [6.45, 7) is 1.74. The number of nitrogens with zero attached hydrogens (tertiary/aromatic N) is 2. The van der Waals surface area contributed by atoms with Crippen LogP contribution in [-0.4, -0.2) is 15.8 Å². The first-order chi connectivity index (χ1) is 9.97. The van der Waals surface area contributed by atoms with Crippen LogP contribution in [0.1, 0.15) is 29.0 Å². The van der Waals surface area contributed by atoms with Gasteiger partial charge in [0.25, 0.3) is 11.6 Å². The largest absolute Gasteiger partial charge is 0.344 e. The number of halogens is 1. The number of amides is 1. The summed E-state index contributed by atoms with van der Waals surface area (Å²) in [5.74, 6) is -0.392. The van der Waals surface area contributed by atoms with Crippen molar-refractivity contribution in [2.24, 2.45) is 0 Å². The number of nitro benzene ring substituents is 1. The average molecular weight is 306 g/mol. The maximum Gasteiger partial charge on any atom is 0.270 e. The van der Waals surface area contributed by atoms with Gasteiger partial charge in [-0.1, -0.05) is 29.8 Å². The van der Waals surface area contributed by atoms with E-state index >= 15 is 0 Å². The van der Waals surface area contributed by atoms with Crippen LogP contribution in [-0.2, 0) is 0 Å². The van der Waals surface area contributed by atoms with Crippen molar-refractivity contribution in [1.29, 1.82) is 0 Å². The molecule has 7 heteroatoms. The first-order valence-corrected chi connectivity index (χ1v) is 6.53. The molecule has 1 heterocycles. The monoisotopic (exact) mass is 305 g/mol. The quantitative estimate of drug-likeness (QED) is 0.534. The Morgan fingerprint density at radius 3 is 2.71 bits per heavy atom. The minimum absolute atomic E-state index is 0.0190. The SMILES string of the molecule is CC(NC(=O)c1cccc(Cl)n1)c1cccc([N+](=O)[O-])c1. The zero-order valence-corrected chi connectivity index (χ0v) is 11.9. The van der Waals surface area contributed by atoms with Gasteiger partial charge in [-0.15, -0.1) is 0 Å². The maximum absolute atomic E-state index is 12.0. The van der Waals surface area contributed by atoms with Crippen LogP contribution in [0.3, 0.4) is 0 Å². The average Bonchev–Trinajstić information content (AvgIpc) is 2.47. The van der Waals surface area contributed by atoms with Gasteiger partial charge in [-0.05, 0) is 24.6 Å². The topological polar surface area (TPSA) is 85.1 Å². The van der Waals surface area contributed by atoms with E-state index in [0.29, 0.717) is 5.56 Å². The van der Waals surface area contributed by atoms with E-state index in [-0.39, 0.29) is 16.5 Å². The summed E-state index contributed by atoms with van der Waals surface area (Å²) < 4.78 is 0. The van der Waals surface area contributed by atoms with E-state index in [2.05, 4.69) is 10.3 Å². The molecule has 108 valence electrons. The first-order valence-electron chi connectivity index (χ1n) is 6.15. The summed E-state index contributed by atoms with van der Waals surface area (Å²) in [5, 5.41) is 13.7. The van der Waals surface area contributed by atoms with E-state index in [1.165, 1.54) is 12.1 Å². The molecule has 0 spiro atoms. The zero-order chi connectivity index (χ0) is 15.4. The van der Waals surface area contributed by atoms with Crippen LogP contribution in [0.25, 0.3) is 0 Å². The fourth-order valence-electron chi connectivity index (χ4n) is 1.80. The van der Waals surface area contributed by atoms with Crippen LogP contribution in [0.2, 0.25) is 5.15 Å². The summed E-state index contributed by atoms with van der Waals surface area (Å²) in [4.78, 5) is 26.2. The second-order valence-corrected chi connectivity index (χ2v) is 4.78. The van der Waals surface area contributed by atoms with E-state index < -0.39 is 16.9 Å². The molecule has 1 aromatic heterocycles. The lowest BCUT2D eigenvalue weighted by Crippen LogP contribution is -2.27. The van der Waals surface area contributed by atoms with Crippen molar-refractivity contribution >= 4 is 23.2 Å². The third kappa shape index (κ3) is 3.76. The van der Waals surface area contributed by atoms with E-state index in [4.69, 9.17) is 11.6 Å². The molecule has 0 aliphatic heterocycles. The Balaban J connectivity index is 2.14. The number of nitrogens with one attached hydrogen (secondary N) is 1. The first kappa shape index (κ1) is 14.9. The van der Waals surface area contributed by atoms with Crippen LogP contribution < -0.4 is 5.32 Å². The maximum atomic E-state index is 12.0. The molecule has 0 aliphatic carbocycles. The van der Waals surface area contributed by atoms with Gasteiger partial charge in [0.1, 0.15) is 10.8 Å². The molecule has 21 heavy (non-hydrogen) atoms. The molecule has 6 nitrogen and oxygen atoms in total. The number of nitro groups is 1. The predicted octanol–water partition coefficient (Wildman–Crippen LogP) is 3.13.